The molecule has 1 N–H and O–H groups in total. The maximum atomic E-state index is 12.6. The van der Waals surface area contributed by atoms with Gasteiger partial charge in [-0.3, -0.25) is 9.52 Å². The molecule has 0 aliphatic heterocycles. The van der Waals surface area contributed by atoms with Crippen molar-refractivity contribution in [3.05, 3.63) is 71.2 Å². The molecule has 0 radical (unpaired) electrons. The fourth-order valence-corrected chi connectivity index (χ4v) is 3.85. The minimum Gasteiger partial charge on any atom is -0.293 e. The summed E-state index contributed by atoms with van der Waals surface area (Å²) in [7, 11) is -3.74. The summed E-state index contributed by atoms with van der Waals surface area (Å²) in [6, 6.07) is 16.3. The van der Waals surface area contributed by atoms with Crippen molar-refractivity contribution in [1.29, 1.82) is 0 Å². The number of nitrogens with one attached hydrogen (secondary N) is 1. The lowest BCUT2D eigenvalue weighted by Gasteiger charge is -2.09. The molecule has 0 bridgehead atoms. The lowest BCUT2D eigenvalue weighted by atomic mass is 10.1. The first-order valence-electron chi connectivity index (χ1n) is 7.35. The molecule has 0 unspecified atom stereocenters. The summed E-state index contributed by atoms with van der Waals surface area (Å²) in [6.45, 7) is 0. The van der Waals surface area contributed by atoms with Gasteiger partial charge in [0.2, 0.25) is 0 Å². The molecule has 7 heteroatoms. The second kappa shape index (κ2) is 7.07. The van der Waals surface area contributed by atoms with Gasteiger partial charge in [0.05, 0.1) is 10.6 Å². The fourth-order valence-electron chi connectivity index (χ4n) is 2.39. The molecule has 0 atom stereocenters. The number of hydrogen-bond donors (Lipinski definition) is 2. The first-order chi connectivity index (χ1) is 11.9. The number of Topliss-reactive ketones (excluding diaryl/α,β-unsaturated/α-hetero) is 1. The van der Waals surface area contributed by atoms with Crippen molar-refractivity contribution in [3.63, 3.8) is 0 Å². The molecule has 0 aliphatic rings. The SMILES string of the molecule is O=C(CS)c1ccc(NS(=O)(=O)c2ccc3cc(Cl)ccc3c2)cc1. The number of carbonyl (C=O) groups is 1. The molecule has 0 heterocycles. The molecule has 3 rings (SSSR count). The van der Waals surface area contributed by atoms with Crippen LogP contribution in [0.4, 0.5) is 5.69 Å². The Morgan fingerprint density at radius 1 is 0.960 bits per heavy atom. The van der Waals surface area contributed by atoms with E-state index in [9.17, 15) is 13.2 Å². The maximum Gasteiger partial charge on any atom is 0.261 e. The van der Waals surface area contributed by atoms with Gasteiger partial charge in [-0.05, 0) is 59.3 Å². The van der Waals surface area contributed by atoms with Crippen molar-refractivity contribution in [2.24, 2.45) is 0 Å². The number of hydrogen-bond acceptors (Lipinski definition) is 4. The van der Waals surface area contributed by atoms with Gasteiger partial charge < -0.3 is 0 Å². The Labute approximate surface area is 156 Å². The summed E-state index contributed by atoms with van der Waals surface area (Å²) >= 11 is 9.88. The zero-order chi connectivity index (χ0) is 18.0. The molecule has 0 saturated carbocycles. The van der Waals surface area contributed by atoms with E-state index in [1.807, 2.05) is 0 Å². The highest BCUT2D eigenvalue weighted by Gasteiger charge is 2.15. The van der Waals surface area contributed by atoms with Crippen molar-refractivity contribution in [1.82, 2.24) is 0 Å². The van der Waals surface area contributed by atoms with Crippen LogP contribution in [0.15, 0.2) is 65.6 Å². The molecule has 4 nitrogen and oxygen atoms in total. The van der Waals surface area contributed by atoms with E-state index in [1.165, 1.54) is 6.07 Å². The van der Waals surface area contributed by atoms with Crippen molar-refractivity contribution in [2.45, 2.75) is 4.90 Å². The van der Waals surface area contributed by atoms with Gasteiger partial charge >= 0.3 is 0 Å². The highest BCUT2D eigenvalue weighted by atomic mass is 35.5. The van der Waals surface area contributed by atoms with Crippen molar-refractivity contribution in [2.75, 3.05) is 10.5 Å². The van der Waals surface area contributed by atoms with E-state index in [0.717, 1.165) is 10.8 Å². The summed E-state index contributed by atoms with van der Waals surface area (Å²) in [6.07, 6.45) is 0. The quantitative estimate of drug-likeness (QED) is 0.500. The number of thiol groups is 1. The molecule has 3 aromatic carbocycles. The Balaban J connectivity index is 1.88. The predicted octanol–water partition coefficient (Wildman–Crippen LogP) is 4.41. The van der Waals surface area contributed by atoms with Gasteiger partial charge in [0.1, 0.15) is 0 Å². The Morgan fingerprint density at radius 3 is 2.28 bits per heavy atom. The number of rotatable bonds is 5. The number of sulfonamides is 1. The summed E-state index contributed by atoms with van der Waals surface area (Å²) in [5.74, 6) is -0.0162. The monoisotopic (exact) mass is 391 g/mol. The number of carbonyl (C=O) groups excluding carboxylic acids is 1. The Hall–Kier alpha value is -2.02. The highest BCUT2D eigenvalue weighted by molar-refractivity contribution is 7.92. The summed E-state index contributed by atoms with van der Waals surface area (Å²) in [4.78, 5) is 11.7. The van der Waals surface area contributed by atoms with E-state index < -0.39 is 10.0 Å². The van der Waals surface area contributed by atoms with E-state index in [2.05, 4.69) is 17.4 Å². The largest absolute Gasteiger partial charge is 0.293 e. The Morgan fingerprint density at radius 2 is 1.60 bits per heavy atom. The number of ketones is 1. The van der Waals surface area contributed by atoms with E-state index in [4.69, 9.17) is 11.6 Å². The van der Waals surface area contributed by atoms with Crippen LogP contribution in [0.1, 0.15) is 10.4 Å². The first kappa shape index (κ1) is 17.8. The Kier molecular flexibility index (Phi) is 5.03. The van der Waals surface area contributed by atoms with Crippen LogP contribution in [0.3, 0.4) is 0 Å². The summed E-state index contributed by atoms with van der Waals surface area (Å²) < 4.78 is 27.7. The normalized spacial score (nSPS) is 11.4. The molecule has 3 aromatic rings. The van der Waals surface area contributed by atoms with Crippen LogP contribution in [0.2, 0.25) is 5.02 Å². The minimum absolute atomic E-state index is 0.103. The van der Waals surface area contributed by atoms with Crippen LogP contribution < -0.4 is 4.72 Å². The van der Waals surface area contributed by atoms with Crippen LogP contribution >= 0.6 is 24.2 Å². The predicted molar refractivity (Wildman–Crippen MR) is 104 cm³/mol. The lowest BCUT2D eigenvalue weighted by molar-refractivity contribution is 0.102. The van der Waals surface area contributed by atoms with Gasteiger partial charge in [-0.25, -0.2) is 8.42 Å². The van der Waals surface area contributed by atoms with Gasteiger partial charge in [-0.15, -0.1) is 0 Å². The molecule has 128 valence electrons. The topological polar surface area (TPSA) is 63.2 Å². The van der Waals surface area contributed by atoms with Crippen molar-refractivity contribution >= 4 is 56.5 Å². The van der Waals surface area contributed by atoms with Gasteiger partial charge in [0, 0.05) is 16.3 Å². The molecule has 0 saturated heterocycles. The standard InChI is InChI=1S/C18H14ClNO3S2/c19-15-5-1-14-10-17(8-4-13(14)9-15)25(22,23)20-16-6-2-12(3-7-16)18(21)11-24/h1-10,20,24H,11H2. The average Bonchev–Trinajstić information content (AvgIpc) is 2.60. The van der Waals surface area contributed by atoms with Gasteiger partial charge in [-0.1, -0.05) is 23.7 Å². The van der Waals surface area contributed by atoms with Crippen molar-refractivity contribution in [3.8, 4) is 0 Å². The number of anilines is 1. The number of halogens is 1. The molecular weight excluding hydrogens is 378 g/mol. The number of fused-ring (bicyclic) bond motifs is 1. The second-order valence-corrected chi connectivity index (χ2v) is 7.85. The zero-order valence-electron chi connectivity index (χ0n) is 12.9. The smallest absolute Gasteiger partial charge is 0.261 e. The summed E-state index contributed by atoms with van der Waals surface area (Å²) in [5.41, 5.74) is 0.868. The third-order valence-electron chi connectivity index (χ3n) is 3.69. The van der Waals surface area contributed by atoms with E-state index in [0.29, 0.717) is 16.3 Å². The van der Waals surface area contributed by atoms with Crippen LogP contribution in [0, 0.1) is 0 Å². The molecular formula is C18H14ClNO3S2. The van der Waals surface area contributed by atoms with Crippen LogP contribution in [-0.2, 0) is 10.0 Å². The third-order valence-corrected chi connectivity index (χ3v) is 5.59. The molecule has 25 heavy (non-hydrogen) atoms. The van der Waals surface area contributed by atoms with Crippen molar-refractivity contribution < 1.29 is 13.2 Å². The van der Waals surface area contributed by atoms with E-state index in [1.54, 1.807) is 54.6 Å². The fraction of sp³-hybridized carbons (Fsp3) is 0.0556. The molecule has 0 spiro atoms. The first-order valence-corrected chi connectivity index (χ1v) is 9.85. The Bertz CT molecular complexity index is 1050. The highest BCUT2D eigenvalue weighted by Crippen LogP contribution is 2.24. The van der Waals surface area contributed by atoms with Crippen LogP contribution in [-0.4, -0.2) is 20.0 Å². The second-order valence-electron chi connectivity index (χ2n) is 5.42. The van der Waals surface area contributed by atoms with Crippen LogP contribution in [0.5, 0.6) is 0 Å². The number of benzene rings is 3. The lowest BCUT2D eigenvalue weighted by Crippen LogP contribution is -2.13. The molecule has 0 amide bonds. The van der Waals surface area contributed by atoms with Gasteiger partial charge in [-0.2, -0.15) is 12.6 Å². The molecule has 0 fully saturated rings. The van der Waals surface area contributed by atoms with Crippen LogP contribution in [0.25, 0.3) is 10.8 Å². The summed E-state index contributed by atoms with van der Waals surface area (Å²) in [5, 5.41) is 2.24. The third kappa shape index (κ3) is 3.98. The average molecular weight is 392 g/mol. The van der Waals surface area contributed by atoms with Gasteiger partial charge in [0.15, 0.2) is 5.78 Å². The van der Waals surface area contributed by atoms with E-state index >= 15 is 0 Å². The minimum atomic E-state index is -3.74. The van der Waals surface area contributed by atoms with Gasteiger partial charge in [0.25, 0.3) is 10.0 Å². The zero-order valence-corrected chi connectivity index (χ0v) is 15.4. The van der Waals surface area contributed by atoms with E-state index in [-0.39, 0.29) is 16.4 Å². The molecule has 0 aliphatic carbocycles. The maximum absolute atomic E-state index is 12.6. The molecule has 0 aromatic heterocycles.